The summed E-state index contributed by atoms with van der Waals surface area (Å²) in [7, 11) is 1.76. The third kappa shape index (κ3) is 2.76. The fourth-order valence-corrected chi connectivity index (χ4v) is 2.50. The van der Waals surface area contributed by atoms with Gasteiger partial charge in [0.15, 0.2) is 5.69 Å². The van der Waals surface area contributed by atoms with Crippen LogP contribution in [0, 0.1) is 0 Å². The second-order valence-corrected chi connectivity index (χ2v) is 5.35. The summed E-state index contributed by atoms with van der Waals surface area (Å²) in [6, 6.07) is 15.1. The zero-order valence-corrected chi connectivity index (χ0v) is 12.3. The third-order valence-corrected chi connectivity index (χ3v) is 3.56. The molecule has 0 fully saturated rings. The number of para-hydroxylation sites is 1. The van der Waals surface area contributed by atoms with E-state index in [2.05, 4.69) is 10.2 Å². The van der Waals surface area contributed by atoms with Crippen LogP contribution in [-0.2, 0) is 6.54 Å². The number of halogens is 1. The van der Waals surface area contributed by atoms with E-state index in [0.29, 0.717) is 17.3 Å². The van der Waals surface area contributed by atoms with Crippen LogP contribution in [0.4, 0.5) is 0 Å². The maximum Gasteiger partial charge on any atom is 0.275 e. The zero-order valence-electron chi connectivity index (χ0n) is 11.5. The van der Waals surface area contributed by atoms with Gasteiger partial charge in [0.1, 0.15) is 0 Å². The fraction of sp³-hybridized carbons (Fsp3) is 0.125. The minimum Gasteiger partial charge on any atom is -0.336 e. The highest BCUT2D eigenvalue weighted by Gasteiger charge is 2.18. The molecule has 2 aromatic carbocycles. The van der Waals surface area contributed by atoms with Gasteiger partial charge in [-0.15, -0.1) is 0 Å². The Morgan fingerprint density at radius 1 is 1.24 bits per heavy atom. The Balaban J connectivity index is 1.84. The molecule has 5 heteroatoms. The van der Waals surface area contributed by atoms with Crippen molar-refractivity contribution in [3.05, 3.63) is 64.8 Å². The molecular formula is C16H14ClN3O. The van der Waals surface area contributed by atoms with Crippen LogP contribution in [0.1, 0.15) is 16.1 Å². The van der Waals surface area contributed by atoms with Crippen molar-refractivity contribution in [2.24, 2.45) is 0 Å². The van der Waals surface area contributed by atoms with Crippen LogP contribution in [0.5, 0.6) is 0 Å². The summed E-state index contributed by atoms with van der Waals surface area (Å²) in [6.45, 7) is 0.487. The Morgan fingerprint density at radius 2 is 2.05 bits per heavy atom. The normalized spacial score (nSPS) is 10.8. The Morgan fingerprint density at radius 3 is 2.86 bits per heavy atom. The topological polar surface area (TPSA) is 49.0 Å². The fourth-order valence-electron chi connectivity index (χ4n) is 2.29. The van der Waals surface area contributed by atoms with Gasteiger partial charge in [-0.3, -0.25) is 9.89 Å². The minimum absolute atomic E-state index is 0.118. The number of hydrogen-bond acceptors (Lipinski definition) is 2. The Bertz CT molecular complexity index is 797. The molecule has 0 aliphatic carbocycles. The average Bonchev–Trinajstić information content (AvgIpc) is 2.90. The van der Waals surface area contributed by atoms with Crippen LogP contribution in [-0.4, -0.2) is 28.1 Å². The number of rotatable bonds is 3. The van der Waals surface area contributed by atoms with E-state index in [1.54, 1.807) is 11.9 Å². The standard InChI is InChI=1S/C16H14ClN3O/c1-20(10-11-5-4-6-12(17)9-11)16(21)15-13-7-2-3-8-14(13)18-19-15/h2-9H,10H2,1H3,(H,18,19). The molecule has 0 spiro atoms. The average molecular weight is 300 g/mol. The Hall–Kier alpha value is -2.33. The lowest BCUT2D eigenvalue weighted by Gasteiger charge is -2.16. The van der Waals surface area contributed by atoms with Crippen molar-refractivity contribution in [2.45, 2.75) is 6.54 Å². The predicted octanol–water partition coefficient (Wildman–Crippen LogP) is 3.49. The summed E-state index contributed by atoms with van der Waals surface area (Å²) >= 11 is 5.96. The SMILES string of the molecule is CN(Cc1cccc(Cl)c1)C(=O)c1n[nH]c2ccccc12. The molecule has 1 heterocycles. The highest BCUT2D eigenvalue weighted by Crippen LogP contribution is 2.18. The van der Waals surface area contributed by atoms with E-state index in [9.17, 15) is 4.79 Å². The molecule has 0 saturated carbocycles. The number of nitrogens with one attached hydrogen (secondary N) is 1. The first-order valence-electron chi connectivity index (χ1n) is 6.58. The van der Waals surface area contributed by atoms with Gasteiger partial charge in [0.05, 0.1) is 5.52 Å². The molecule has 0 unspecified atom stereocenters. The van der Waals surface area contributed by atoms with Gasteiger partial charge in [-0.05, 0) is 23.8 Å². The van der Waals surface area contributed by atoms with Gasteiger partial charge in [0.25, 0.3) is 5.91 Å². The van der Waals surface area contributed by atoms with E-state index >= 15 is 0 Å². The van der Waals surface area contributed by atoms with Crippen molar-refractivity contribution in [1.29, 1.82) is 0 Å². The number of H-pyrrole nitrogens is 1. The molecule has 0 saturated heterocycles. The molecule has 1 N–H and O–H groups in total. The van der Waals surface area contributed by atoms with Crippen molar-refractivity contribution in [2.75, 3.05) is 7.05 Å². The van der Waals surface area contributed by atoms with E-state index in [-0.39, 0.29) is 5.91 Å². The monoisotopic (exact) mass is 299 g/mol. The zero-order chi connectivity index (χ0) is 14.8. The molecule has 21 heavy (non-hydrogen) atoms. The molecule has 0 aliphatic rings. The third-order valence-electron chi connectivity index (χ3n) is 3.33. The van der Waals surface area contributed by atoms with Gasteiger partial charge in [0, 0.05) is 24.0 Å². The molecule has 3 rings (SSSR count). The Labute approximate surface area is 127 Å². The second-order valence-electron chi connectivity index (χ2n) is 4.91. The number of aromatic nitrogens is 2. The smallest absolute Gasteiger partial charge is 0.275 e. The van der Waals surface area contributed by atoms with Gasteiger partial charge in [-0.1, -0.05) is 41.9 Å². The summed E-state index contributed by atoms with van der Waals surface area (Å²) in [6.07, 6.45) is 0. The first-order valence-corrected chi connectivity index (χ1v) is 6.96. The first kappa shape index (κ1) is 13.6. The molecule has 0 aliphatic heterocycles. The van der Waals surface area contributed by atoms with E-state index in [1.165, 1.54) is 0 Å². The maximum absolute atomic E-state index is 12.5. The lowest BCUT2D eigenvalue weighted by molar-refractivity contribution is 0.0781. The molecular weight excluding hydrogens is 286 g/mol. The Kier molecular flexibility index (Phi) is 3.62. The van der Waals surface area contributed by atoms with Crippen LogP contribution in [0.15, 0.2) is 48.5 Å². The molecule has 0 radical (unpaired) electrons. The van der Waals surface area contributed by atoms with E-state index in [1.807, 2.05) is 48.5 Å². The number of benzene rings is 2. The van der Waals surface area contributed by atoms with Gasteiger partial charge in [0.2, 0.25) is 0 Å². The van der Waals surface area contributed by atoms with Crippen molar-refractivity contribution in [1.82, 2.24) is 15.1 Å². The van der Waals surface area contributed by atoms with E-state index < -0.39 is 0 Å². The highest BCUT2D eigenvalue weighted by molar-refractivity contribution is 6.30. The number of aromatic amines is 1. The molecule has 1 amide bonds. The number of carbonyl (C=O) groups excluding carboxylic acids is 1. The number of nitrogens with zero attached hydrogens (tertiary/aromatic N) is 2. The van der Waals surface area contributed by atoms with Gasteiger partial charge >= 0.3 is 0 Å². The van der Waals surface area contributed by atoms with Crippen LogP contribution in [0.2, 0.25) is 5.02 Å². The van der Waals surface area contributed by atoms with Crippen molar-refractivity contribution in [3.8, 4) is 0 Å². The van der Waals surface area contributed by atoms with E-state index in [4.69, 9.17) is 11.6 Å². The predicted molar refractivity (Wildman–Crippen MR) is 83.3 cm³/mol. The lowest BCUT2D eigenvalue weighted by atomic mass is 10.2. The summed E-state index contributed by atoms with van der Waals surface area (Å²) in [4.78, 5) is 14.2. The van der Waals surface area contributed by atoms with Crippen LogP contribution in [0.3, 0.4) is 0 Å². The van der Waals surface area contributed by atoms with Gasteiger partial charge in [-0.2, -0.15) is 5.10 Å². The number of hydrogen-bond donors (Lipinski definition) is 1. The first-order chi connectivity index (χ1) is 10.1. The molecule has 106 valence electrons. The number of carbonyl (C=O) groups is 1. The lowest BCUT2D eigenvalue weighted by Crippen LogP contribution is -2.26. The van der Waals surface area contributed by atoms with Gasteiger partial charge in [-0.25, -0.2) is 0 Å². The number of amides is 1. The maximum atomic E-state index is 12.5. The van der Waals surface area contributed by atoms with Crippen molar-refractivity contribution < 1.29 is 4.79 Å². The quantitative estimate of drug-likeness (QED) is 0.805. The summed E-state index contributed by atoms with van der Waals surface area (Å²) in [5, 5.41) is 8.51. The van der Waals surface area contributed by atoms with Crippen LogP contribution in [0.25, 0.3) is 10.9 Å². The highest BCUT2D eigenvalue weighted by atomic mass is 35.5. The van der Waals surface area contributed by atoms with Crippen molar-refractivity contribution in [3.63, 3.8) is 0 Å². The summed E-state index contributed by atoms with van der Waals surface area (Å²) < 4.78 is 0. The van der Waals surface area contributed by atoms with Crippen molar-refractivity contribution >= 4 is 28.4 Å². The van der Waals surface area contributed by atoms with Crippen LogP contribution >= 0.6 is 11.6 Å². The molecule has 0 atom stereocenters. The summed E-state index contributed by atoms with van der Waals surface area (Å²) in [5.41, 5.74) is 2.28. The molecule has 3 aromatic rings. The molecule has 4 nitrogen and oxygen atoms in total. The molecule has 0 bridgehead atoms. The summed E-state index contributed by atoms with van der Waals surface area (Å²) in [5.74, 6) is -0.118. The second kappa shape index (κ2) is 5.58. The van der Waals surface area contributed by atoms with Gasteiger partial charge < -0.3 is 4.90 Å². The number of fused-ring (bicyclic) bond motifs is 1. The van der Waals surface area contributed by atoms with Crippen LogP contribution < -0.4 is 0 Å². The minimum atomic E-state index is -0.118. The van der Waals surface area contributed by atoms with E-state index in [0.717, 1.165) is 16.5 Å². The molecule has 1 aromatic heterocycles. The largest absolute Gasteiger partial charge is 0.336 e.